The molecule has 0 radical (unpaired) electrons. The molecule has 0 amide bonds. The Kier molecular flexibility index (Phi) is 21.4. The molecule has 0 aromatic rings. The summed E-state index contributed by atoms with van der Waals surface area (Å²) in [6.45, 7) is 3.25. The predicted octanol–water partition coefficient (Wildman–Crippen LogP) is 13.3. The molecule has 6 rings (SSSR count). The zero-order valence-electron chi connectivity index (χ0n) is 27.3. The summed E-state index contributed by atoms with van der Waals surface area (Å²) < 4.78 is 0. The van der Waals surface area contributed by atoms with E-state index in [2.05, 4.69) is 16.5 Å². The minimum absolute atomic E-state index is 0.385. The molecule has 6 saturated carbocycles. The van der Waals surface area contributed by atoms with E-state index in [1.807, 2.05) is 17.3 Å². The fraction of sp³-hybridized carbons (Fsp3) is 0.973. The molecule has 0 atom stereocenters. The topological polar surface area (TPSA) is 17.1 Å². The Balaban J connectivity index is 0.000000206. The molecule has 0 unspecified atom stereocenters. The molecule has 42 heavy (non-hydrogen) atoms. The molecule has 246 valence electrons. The van der Waals surface area contributed by atoms with Crippen molar-refractivity contribution in [1.82, 2.24) is 0 Å². The fourth-order valence-electron chi connectivity index (χ4n) is 10.1. The molecule has 0 spiro atoms. The van der Waals surface area contributed by atoms with E-state index in [1.165, 1.54) is 72.5 Å². The van der Waals surface area contributed by atoms with E-state index in [1.54, 1.807) is 154 Å². The van der Waals surface area contributed by atoms with E-state index in [0.29, 0.717) is 15.8 Å². The van der Waals surface area contributed by atoms with E-state index in [-0.39, 0.29) is 0 Å². The summed E-state index contributed by atoms with van der Waals surface area (Å²) in [6.07, 6.45) is 47.2. The van der Waals surface area contributed by atoms with Gasteiger partial charge in [0.25, 0.3) is 0 Å². The van der Waals surface area contributed by atoms with Gasteiger partial charge in [0, 0.05) is 0 Å². The first kappa shape index (κ1) is 37.9. The third-order valence-corrected chi connectivity index (χ3v) is 20.1. The van der Waals surface area contributed by atoms with Crippen LogP contribution in [0.15, 0.2) is 0 Å². The van der Waals surface area contributed by atoms with E-state index in [9.17, 15) is 0 Å². The first-order valence-corrected chi connectivity index (χ1v) is 24.2. The van der Waals surface area contributed by atoms with Crippen LogP contribution in [0.1, 0.15) is 193 Å². The van der Waals surface area contributed by atoms with Gasteiger partial charge >= 0.3 is 27.0 Å². The Morgan fingerprint density at radius 3 is 0.548 bits per heavy atom. The van der Waals surface area contributed by atoms with E-state index >= 15 is 0 Å². The molecule has 1 nitrogen and oxygen atoms in total. The maximum absolute atomic E-state index is 7.75. The molecule has 0 N–H and O–H groups in total. The third kappa shape index (κ3) is 12.6. The molecule has 0 saturated heterocycles. The quantitative estimate of drug-likeness (QED) is 0.115. The second kappa shape index (κ2) is 23.7. The monoisotopic (exact) mass is 726 g/mol. The third-order valence-electron chi connectivity index (χ3n) is 12.0. The van der Waals surface area contributed by atoms with Crippen molar-refractivity contribution in [3.63, 3.8) is 0 Å². The van der Waals surface area contributed by atoms with Crippen LogP contribution in [-0.4, -0.2) is 40.7 Å². The number of halogens is 1. The standard InChI is InChI=1S/2C18H33P.CHO.ClH.Ru/c2*1-4-10-16(11-5-1)19(17-12-6-2-7-13-17)18-14-8-3-9-15-18;1-2;;/h2*16-18H,1-15H2;1H;1H;/q;;-1;;+2/p-1. The van der Waals surface area contributed by atoms with Crippen LogP contribution in [0.3, 0.4) is 0 Å². The van der Waals surface area contributed by atoms with Crippen molar-refractivity contribution < 1.29 is 22.1 Å². The zero-order chi connectivity index (χ0) is 29.8. The van der Waals surface area contributed by atoms with Crippen molar-refractivity contribution in [2.24, 2.45) is 0 Å². The van der Waals surface area contributed by atoms with Crippen molar-refractivity contribution >= 4 is 32.3 Å². The van der Waals surface area contributed by atoms with E-state index < -0.39 is 0 Å². The Labute approximate surface area is 279 Å². The van der Waals surface area contributed by atoms with Gasteiger partial charge in [-0.25, -0.2) is 0 Å². The van der Waals surface area contributed by atoms with Gasteiger partial charge in [0.1, 0.15) is 0 Å². The molecule has 0 bridgehead atoms. The Bertz CT molecular complexity index is 492. The van der Waals surface area contributed by atoms with Gasteiger partial charge in [0.2, 0.25) is 0 Å². The van der Waals surface area contributed by atoms with Crippen LogP contribution >= 0.6 is 25.5 Å². The van der Waals surface area contributed by atoms with Gasteiger partial charge in [0.05, 0.1) is 0 Å². The second-order valence-corrected chi connectivity index (χ2v) is 20.8. The number of hydrogen-bond acceptors (Lipinski definition) is 1. The summed E-state index contributed by atoms with van der Waals surface area (Å²) in [4.78, 5) is 7.75. The summed E-state index contributed by atoms with van der Waals surface area (Å²) in [5.74, 6) is 0. The van der Waals surface area contributed by atoms with Gasteiger partial charge < -0.3 is 4.79 Å². The van der Waals surface area contributed by atoms with Crippen LogP contribution in [0.2, 0.25) is 0 Å². The van der Waals surface area contributed by atoms with E-state index in [4.69, 9.17) is 4.79 Å². The van der Waals surface area contributed by atoms with Gasteiger partial charge in [0.15, 0.2) is 0 Å². The maximum atomic E-state index is 7.75. The molecule has 5 heteroatoms. The molecular formula is C37H67ClOP2Ru. The molecule has 0 heterocycles. The first-order chi connectivity index (χ1) is 20.9. The van der Waals surface area contributed by atoms with Crippen molar-refractivity contribution in [1.29, 1.82) is 0 Å². The summed E-state index contributed by atoms with van der Waals surface area (Å²) in [7, 11) is 5.34. The van der Waals surface area contributed by atoms with Gasteiger partial charge in [-0.2, -0.15) is 0 Å². The average molecular weight is 726 g/mol. The SMILES string of the molecule is C1CCC(P(C2CCCCC2)C2CCCCC2)CC1.C1CCC(P(C2CCCCC2)C2CCCCC2)CC1.[CH-]=O.[Cl][Ru+]. The molecule has 6 aliphatic carbocycles. The summed E-state index contributed by atoms with van der Waals surface area (Å²) in [5.41, 5.74) is 7.14. The predicted molar refractivity (Wildman–Crippen MR) is 188 cm³/mol. The fourth-order valence-corrected chi connectivity index (χ4v) is 19.4. The summed E-state index contributed by atoms with van der Waals surface area (Å²) in [5, 5.41) is 0. The van der Waals surface area contributed by atoms with Crippen LogP contribution in [0, 0.1) is 0 Å². The Morgan fingerprint density at radius 2 is 0.429 bits per heavy atom. The van der Waals surface area contributed by atoms with Gasteiger partial charge in [-0.1, -0.05) is 131 Å². The van der Waals surface area contributed by atoms with Crippen LogP contribution in [0.4, 0.5) is 0 Å². The van der Waals surface area contributed by atoms with Crippen molar-refractivity contribution in [2.75, 3.05) is 0 Å². The second-order valence-electron chi connectivity index (χ2n) is 14.6. The number of hydrogen-bond donors (Lipinski definition) is 0. The van der Waals surface area contributed by atoms with Crippen molar-refractivity contribution in [3.8, 4) is 0 Å². The Hall–Kier alpha value is 1.44. The number of carbonyl (C=O) groups excluding carboxylic acids is 1. The minimum atomic E-state index is 0.385. The normalized spacial score (nSPS) is 26.4. The van der Waals surface area contributed by atoms with Gasteiger partial charge in [-0.05, 0) is 111 Å². The first-order valence-electron chi connectivity index (χ1n) is 18.8. The van der Waals surface area contributed by atoms with Crippen LogP contribution in [-0.2, 0) is 22.1 Å². The van der Waals surface area contributed by atoms with Crippen LogP contribution in [0.25, 0.3) is 0 Å². The molecule has 6 fully saturated rings. The summed E-state index contributed by atoms with van der Waals surface area (Å²) in [6, 6.07) is 0. The van der Waals surface area contributed by atoms with Gasteiger partial charge in [-0.3, -0.25) is 6.79 Å². The summed E-state index contributed by atoms with van der Waals surface area (Å²) >= 11 is 1.82. The van der Waals surface area contributed by atoms with Crippen LogP contribution < -0.4 is 0 Å². The van der Waals surface area contributed by atoms with Crippen molar-refractivity contribution in [3.05, 3.63) is 0 Å². The Morgan fingerprint density at radius 1 is 0.310 bits per heavy atom. The van der Waals surface area contributed by atoms with Crippen LogP contribution in [0.5, 0.6) is 0 Å². The van der Waals surface area contributed by atoms with Gasteiger partial charge in [-0.15, -0.1) is 0 Å². The molecule has 0 aliphatic heterocycles. The van der Waals surface area contributed by atoms with Crippen molar-refractivity contribution in [2.45, 2.75) is 227 Å². The number of rotatable bonds is 6. The molecule has 0 aromatic carbocycles. The molecule has 6 aliphatic rings. The average Bonchev–Trinajstić information content (AvgIpc) is 3.10. The van der Waals surface area contributed by atoms with E-state index in [0.717, 1.165) is 0 Å². The molecular weight excluding hydrogens is 659 g/mol. The zero-order valence-corrected chi connectivity index (χ0v) is 31.6. The molecule has 0 aromatic heterocycles.